The van der Waals surface area contributed by atoms with Crippen LogP contribution in [0.4, 0.5) is 0 Å². The molecule has 2 aromatic rings. The van der Waals surface area contributed by atoms with E-state index in [4.69, 9.17) is 4.74 Å². The molecule has 4 heteroatoms. The molecule has 1 aromatic carbocycles. The molecule has 0 saturated carbocycles. The third kappa shape index (κ3) is 2.41. The molecule has 20 heavy (non-hydrogen) atoms. The Morgan fingerprint density at radius 3 is 2.95 bits per heavy atom. The molecule has 0 amide bonds. The summed E-state index contributed by atoms with van der Waals surface area (Å²) in [7, 11) is 1.66. The Labute approximate surface area is 117 Å². The van der Waals surface area contributed by atoms with Gasteiger partial charge >= 0.3 is 0 Å². The monoisotopic (exact) mass is 268 g/mol. The van der Waals surface area contributed by atoms with Crippen LogP contribution in [0.25, 0.3) is 0 Å². The van der Waals surface area contributed by atoms with Gasteiger partial charge in [0.05, 0.1) is 18.4 Å². The quantitative estimate of drug-likeness (QED) is 0.858. The van der Waals surface area contributed by atoms with Gasteiger partial charge in [0, 0.05) is 24.6 Å². The summed E-state index contributed by atoms with van der Waals surface area (Å²) in [5.74, 6) is 1.74. The summed E-state index contributed by atoms with van der Waals surface area (Å²) in [6.45, 7) is 0. The summed E-state index contributed by atoms with van der Waals surface area (Å²) in [4.78, 5) is 20.6. The van der Waals surface area contributed by atoms with Crippen LogP contribution < -0.4 is 4.74 Å². The maximum Gasteiger partial charge on any atom is 0.166 e. The second-order valence-electron chi connectivity index (χ2n) is 4.91. The van der Waals surface area contributed by atoms with Gasteiger partial charge in [-0.2, -0.15) is 0 Å². The predicted octanol–water partition coefficient (Wildman–Crippen LogP) is 2.60. The normalized spacial score (nSPS) is 13.9. The summed E-state index contributed by atoms with van der Waals surface area (Å²) in [5, 5.41) is 0. The first kappa shape index (κ1) is 12.8. The molecule has 0 N–H and O–H groups in total. The number of carbonyl (C=O) groups excluding carboxylic acids is 1. The predicted molar refractivity (Wildman–Crippen MR) is 75.1 cm³/mol. The lowest BCUT2D eigenvalue weighted by atomic mass is 9.96. The van der Waals surface area contributed by atoms with Gasteiger partial charge in [-0.1, -0.05) is 18.2 Å². The maximum atomic E-state index is 11.8. The number of rotatable bonds is 3. The van der Waals surface area contributed by atoms with Crippen LogP contribution in [-0.4, -0.2) is 22.9 Å². The molecule has 0 aliphatic heterocycles. The molecule has 4 nitrogen and oxygen atoms in total. The first-order chi connectivity index (χ1) is 9.78. The molecule has 1 aliphatic rings. The van der Waals surface area contributed by atoms with Crippen molar-refractivity contribution in [2.75, 3.05) is 7.11 Å². The Bertz CT molecular complexity index is 653. The first-order valence-corrected chi connectivity index (χ1v) is 6.78. The molecular weight excluding hydrogens is 252 g/mol. The molecule has 3 rings (SSSR count). The molecule has 0 spiro atoms. The lowest BCUT2D eigenvalue weighted by Gasteiger charge is -2.14. The van der Waals surface area contributed by atoms with Crippen LogP contribution in [0.3, 0.4) is 0 Å². The van der Waals surface area contributed by atoms with E-state index in [0.29, 0.717) is 18.4 Å². The van der Waals surface area contributed by atoms with Crippen molar-refractivity contribution in [2.24, 2.45) is 0 Å². The van der Waals surface area contributed by atoms with Crippen LogP contribution in [-0.2, 0) is 12.8 Å². The highest BCUT2D eigenvalue weighted by Crippen LogP contribution is 2.22. The molecular formula is C16H16N2O2. The van der Waals surface area contributed by atoms with E-state index in [-0.39, 0.29) is 5.78 Å². The molecule has 0 radical (unpaired) electrons. The highest BCUT2D eigenvalue weighted by Gasteiger charge is 2.19. The number of fused-ring (bicyclic) bond motifs is 1. The number of carbonyl (C=O) groups is 1. The number of benzene rings is 1. The van der Waals surface area contributed by atoms with Gasteiger partial charge in [0.2, 0.25) is 0 Å². The maximum absolute atomic E-state index is 11.8. The summed E-state index contributed by atoms with van der Waals surface area (Å²) < 4.78 is 5.34. The van der Waals surface area contributed by atoms with E-state index >= 15 is 0 Å². The van der Waals surface area contributed by atoms with Gasteiger partial charge in [0.25, 0.3) is 0 Å². The third-order valence-electron chi connectivity index (χ3n) is 3.58. The van der Waals surface area contributed by atoms with Gasteiger partial charge in [-0.3, -0.25) is 4.79 Å². The van der Waals surface area contributed by atoms with Crippen LogP contribution in [0.15, 0.2) is 30.5 Å². The summed E-state index contributed by atoms with van der Waals surface area (Å²) in [5.41, 5.74) is 2.64. The Balaban J connectivity index is 1.90. The fourth-order valence-electron chi connectivity index (χ4n) is 2.54. The minimum Gasteiger partial charge on any atom is -0.496 e. The first-order valence-electron chi connectivity index (χ1n) is 6.78. The fourth-order valence-corrected chi connectivity index (χ4v) is 2.54. The average Bonchev–Trinajstić information content (AvgIpc) is 2.48. The zero-order valence-corrected chi connectivity index (χ0v) is 11.4. The molecule has 0 fully saturated rings. The number of aromatic nitrogens is 2. The van der Waals surface area contributed by atoms with E-state index in [9.17, 15) is 4.79 Å². The van der Waals surface area contributed by atoms with Crippen LogP contribution >= 0.6 is 0 Å². The standard InChI is InChI=1S/C16H16N2O2/c1-20-15-8-3-2-5-11(15)9-16-17-10-12-13(18-16)6-4-7-14(12)19/h2-3,5,8,10H,4,6-7,9H2,1H3. The molecule has 1 heterocycles. The summed E-state index contributed by atoms with van der Waals surface area (Å²) in [6.07, 6.45) is 4.65. The Hall–Kier alpha value is -2.23. The Morgan fingerprint density at radius 2 is 2.10 bits per heavy atom. The van der Waals surface area contributed by atoms with Crippen LogP contribution in [0.2, 0.25) is 0 Å². The number of methoxy groups -OCH3 is 1. The van der Waals surface area contributed by atoms with Crippen molar-refractivity contribution in [3.8, 4) is 5.75 Å². The fraction of sp³-hybridized carbons (Fsp3) is 0.312. The van der Waals surface area contributed by atoms with Crippen molar-refractivity contribution in [1.29, 1.82) is 0 Å². The molecule has 0 bridgehead atoms. The highest BCUT2D eigenvalue weighted by atomic mass is 16.5. The minimum atomic E-state index is 0.162. The van der Waals surface area contributed by atoms with E-state index < -0.39 is 0 Å². The van der Waals surface area contributed by atoms with Gasteiger partial charge in [0.15, 0.2) is 5.78 Å². The van der Waals surface area contributed by atoms with Gasteiger partial charge in [-0.05, 0) is 18.9 Å². The third-order valence-corrected chi connectivity index (χ3v) is 3.58. The van der Waals surface area contributed by atoms with Crippen molar-refractivity contribution in [3.05, 3.63) is 53.1 Å². The second kappa shape index (κ2) is 5.41. The van der Waals surface area contributed by atoms with E-state index in [1.54, 1.807) is 13.3 Å². The van der Waals surface area contributed by atoms with E-state index in [0.717, 1.165) is 35.7 Å². The number of Topliss-reactive ketones (excluding diaryl/α,β-unsaturated/α-hetero) is 1. The summed E-state index contributed by atoms with van der Waals surface area (Å²) in [6, 6.07) is 7.85. The zero-order valence-electron chi connectivity index (χ0n) is 11.4. The number of hydrogen-bond donors (Lipinski definition) is 0. The molecule has 0 unspecified atom stereocenters. The van der Waals surface area contributed by atoms with Crippen molar-refractivity contribution in [3.63, 3.8) is 0 Å². The van der Waals surface area contributed by atoms with Crippen molar-refractivity contribution in [1.82, 2.24) is 9.97 Å². The molecule has 0 saturated heterocycles. The van der Waals surface area contributed by atoms with Gasteiger partial charge in [0.1, 0.15) is 11.6 Å². The topological polar surface area (TPSA) is 52.1 Å². The lowest BCUT2D eigenvalue weighted by molar-refractivity contribution is 0.0971. The number of ether oxygens (including phenoxy) is 1. The Kier molecular flexibility index (Phi) is 3.46. The number of ketones is 1. The highest BCUT2D eigenvalue weighted by molar-refractivity contribution is 5.97. The molecule has 0 atom stereocenters. The lowest BCUT2D eigenvalue weighted by Crippen LogP contribution is -2.15. The van der Waals surface area contributed by atoms with Crippen molar-refractivity contribution >= 4 is 5.78 Å². The van der Waals surface area contributed by atoms with Crippen molar-refractivity contribution < 1.29 is 9.53 Å². The Morgan fingerprint density at radius 1 is 1.25 bits per heavy atom. The van der Waals surface area contributed by atoms with Gasteiger partial charge in [-0.15, -0.1) is 0 Å². The minimum absolute atomic E-state index is 0.162. The average molecular weight is 268 g/mol. The molecule has 1 aromatic heterocycles. The smallest absolute Gasteiger partial charge is 0.166 e. The number of aryl methyl sites for hydroxylation is 1. The van der Waals surface area contributed by atoms with Crippen molar-refractivity contribution in [2.45, 2.75) is 25.7 Å². The summed E-state index contributed by atoms with van der Waals surface area (Å²) >= 11 is 0. The SMILES string of the molecule is COc1ccccc1Cc1ncc2c(n1)CCCC2=O. The molecule has 102 valence electrons. The zero-order chi connectivity index (χ0) is 13.9. The number of nitrogens with zero attached hydrogens (tertiary/aromatic N) is 2. The van der Waals surface area contributed by atoms with E-state index in [1.165, 1.54) is 0 Å². The van der Waals surface area contributed by atoms with E-state index in [1.807, 2.05) is 24.3 Å². The van der Waals surface area contributed by atoms with Gasteiger partial charge in [-0.25, -0.2) is 9.97 Å². The number of para-hydroxylation sites is 1. The van der Waals surface area contributed by atoms with Gasteiger partial charge < -0.3 is 4.74 Å². The van der Waals surface area contributed by atoms with Crippen LogP contribution in [0.1, 0.15) is 40.3 Å². The van der Waals surface area contributed by atoms with E-state index in [2.05, 4.69) is 9.97 Å². The molecule has 1 aliphatic carbocycles. The van der Waals surface area contributed by atoms with Crippen LogP contribution in [0.5, 0.6) is 5.75 Å². The number of hydrogen-bond acceptors (Lipinski definition) is 4. The second-order valence-corrected chi connectivity index (χ2v) is 4.91. The van der Waals surface area contributed by atoms with Crippen LogP contribution in [0, 0.1) is 0 Å². The largest absolute Gasteiger partial charge is 0.496 e.